The van der Waals surface area contributed by atoms with Crippen molar-refractivity contribution in [3.63, 3.8) is 0 Å². The van der Waals surface area contributed by atoms with Crippen LogP contribution in [0.15, 0.2) is 27.7 Å². The molecule has 0 radical (unpaired) electrons. The van der Waals surface area contributed by atoms with E-state index >= 15 is 0 Å². The number of esters is 1. The standard InChI is InChI=1S/C10H9BrN2O3/c1-16-9(14)4-6-5-12-10(15)7-2-3-8(11)13(6)7/h2-3,5H,4H2,1H3,(H,12,15). The number of hydrogen-bond acceptors (Lipinski definition) is 3. The number of rotatable bonds is 2. The molecule has 0 amide bonds. The number of carbonyl (C=O) groups excluding carboxylic acids is 1. The van der Waals surface area contributed by atoms with E-state index in [1.807, 2.05) is 0 Å². The molecule has 0 aromatic carbocycles. The molecule has 2 aromatic heterocycles. The second kappa shape index (κ2) is 4.13. The van der Waals surface area contributed by atoms with Gasteiger partial charge in [0, 0.05) is 6.20 Å². The van der Waals surface area contributed by atoms with E-state index in [2.05, 4.69) is 25.7 Å². The van der Waals surface area contributed by atoms with Gasteiger partial charge in [-0.25, -0.2) is 0 Å². The molecule has 0 fully saturated rings. The molecule has 2 heterocycles. The van der Waals surface area contributed by atoms with Gasteiger partial charge in [-0.15, -0.1) is 0 Å². The Labute approximate surface area is 99.2 Å². The van der Waals surface area contributed by atoms with E-state index in [1.54, 1.807) is 16.5 Å². The van der Waals surface area contributed by atoms with Crippen LogP contribution in [-0.2, 0) is 16.0 Å². The zero-order valence-electron chi connectivity index (χ0n) is 8.49. The van der Waals surface area contributed by atoms with Gasteiger partial charge in [0.1, 0.15) is 5.52 Å². The Morgan fingerprint density at radius 1 is 1.56 bits per heavy atom. The van der Waals surface area contributed by atoms with Crippen LogP contribution >= 0.6 is 15.9 Å². The van der Waals surface area contributed by atoms with E-state index in [-0.39, 0.29) is 17.9 Å². The first kappa shape index (κ1) is 10.9. The predicted octanol–water partition coefficient (Wildman–Crippen LogP) is 1.11. The van der Waals surface area contributed by atoms with Crippen LogP contribution in [0.2, 0.25) is 0 Å². The lowest BCUT2D eigenvalue weighted by Crippen LogP contribution is -2.15. The zero-order chi connectivity index (χ0) is 11.7. The number of nitrogens with one attached hydrogen (secondary N) is 1. The van der Waals surface area contributed by atoms with Crippen molar-refractivity contribution in [3.05, 3.63) is 39.0 Å². The Bertz CT molecular complexity index is 600. The molecule has 2 aromatic rings. The van der Waals surface area contributed by atoms with Gasteiger partial charge < -0.3 is 14.1 Å². The lowest BCUT2D eigenvalue weighted by Gasteiger charge is -2.05. The van der Waals surface area contributed by atoms with Crippen LogP contribution in [0.4, 0.5) is 0 Å². The Hall–Kier alpha value is -1.56. The second-order valence-corrected chi connectivity index (χ2v) is 4.05. The molecule has 0 unspecified atom stereocenters. The average Bonchev–Trinajstić information content (AvgIpc) is 2.66. The zero-order valence-corrected chi connectivity index (χ0v) is 10.1. The minimum atomic E-state index is -0.353. The lowest BCUT2D eigenvalue weighted by molar-refractivity contribution is -0.139. The van der Waals surface area contributed by atoms with Gasteiger partial charge in [0.05, 0.1) is 23.8 Å². The number of nitrogens with zero attached hydrogens (tertiary/aromatic N) is 1. The molecule has 0 aliphatic rings. The topological polar surface area (TPSA) is 63.6 Å². The molecule has 5 nitrogen and oxygen atoms in total. The summed E-state index contributed by atoms with van der Waals surface area (Å²) >= 11 is 3.32. The highest BCUT2D eigenvalue weighted by Crippen LogP contribution is 2.15. The highest BCUT2D eigenvalue weighted by Gasteiger charge is 2.11. The molecule has 84 valence electrons. The molecule has 0 saturated heterocycles. The fraction of sp³-hybridized carbons (Fsp3) is 0.200. The van der Waals surface area contributed by atoms with E-state index < -0.39 is 0 Å². The molecule has 0 bridgehead atoms. The number of aromatic nitrogens is 2. The Morgan fingerprint density at radius 2 is 2.31 bits per heavy atom. The molecule has 0 aliphatic heterocycles. The van der Waals surface area contributed by atoms with Gasteiger partial charge in [0.15, 0.2) is 0 Å². The van der Waals surface area contributed by atoms with Gasteiger partial charge in [-0.1, -0.05) is 0 Å². The molecular formula is C10H9BrN2O3. The van der Waals surface area contributed by atoms with Crippen molar-refractivity contribution in [2.45, 2.75) is 6.42 Å². The van der Waals surface area contributed by atoms with Crippen molar-refractivity contribution in [2.75, 3.05) is 7.11 Å². The number of carbonyl (C=O) groups is 1. The molecule has 0 atom stereocenters. The number of fused-ring (bicyclic) bond motifs is 1. The molecule has 2 rings (SSSR count). The first-order valence-corrected chi connectivity index (χ1v) is 5.37. The molecule has 1 N–H and O–H groups in total. The lowest BCUT2D eigenvalue weighted by atomic mass is 10.3. The number of H-pyrrole nitrogens is 1. The van der Waals surface area contributed by atoms with Crippen molar-refractivity contribution in [1.82, 2.24) is 9.38 Å². The van der Waals surface area contributed by atoms with Crippen LogP contribution in [0.3, 0.4) is 0 Å². The van der Waals surface area contributed by atoms with E-state index in [4.69, 9.17) is 0 Å². The number of aromatic amines is 1. The van der Waals surface area contributed by atoms with Gasteiger partial charge in [-0.3, -0.25) is 9.59 Å². The summed E-state index contributed by atoms with van der Waals surface area (Å²) in [6.07, 6.45) is 1.62. The van der Waals surface area contributed by atoms with Gasteiger partial charge >= 0.3 is 5.97 Å². The summed E-state index contributed by atoms with van der Waals surface area (Å²) in [4.78, 5) is 25.3. The van der Waals surface area contributed by atoms with Crippen LogP contribution in [0, 0.1) is 0 Å². The van der Waals surface area contributed by atoms with Crippen LogP contribution < -0.4 is 5.56 Å². The van der Waals surface area contributed by atoms with Crippen LogP contribution in [0.5, 0.6) is 0 Å². The fourth-order valence-corrected chi connectivity index (χ4v) is 2.07. The summed E-state index contributed by atoms with van der Waals surface area (Å²) in [6, 6.07) is 3.44. The summed E-state index contributed by atoms with van der Waals surface area (Å²) in [7, 11) is 1.33. The summed E-state index contributed by atoms with van der Waals surface area (Å²) < 4.78 is 7.00. The van der Waals surface area contributed by atoms with Crippen molar-refractivity contribution >= 4 is 27.4 Å². The van der Waals surface area contributed by atoms with Crippen molar-refractivity contribution < 1.29 is 9.53 Å². The maximum Gasteiger partial charge on any atom is 0.311 e. The highest BCUT2D eigenvalue weighted by atomic mass is 79.9. The van der Waals surface area contributed by atoms with Gasteiger partial charge in [0.25, 0.3) is 5.56 Å². The van der Waals surface area contributed by atoms with Crippen molar-refractivity contribution in [1.29, 1.82) is 0 Å². The van der Waals surface area contributed by atoms with E-state index in [9.17, 15) is 9.59 Å². The Kier molecular flexibility index (Phi) is 2.82. The van der Waals surface area contributed by atoms with Crippen LogP contribution in [0.25, 0.3) is 5.52 Å². The van der Waals surface area contributed by atoms with Crippen molar-refractivity contribution in [2.24, 2.45) is 0 Å². The Morgan fingerprint density at radius 3 is 3.00 bits per heavy atom. The molecular weight excluding hydrogens is 276 g/mol. The van der Waals surface area contributed by atoms with E-state index in [1.165, 1.54) is 13.3 Å². The van der Waals surface area contributed by atoms with Gasteiger partial charge in [-0.2, -0.15) is 0 Å². The third-order valence-corrected chi connectivity index (χ3v) is 2.90. The van der Waals surface area contributed by atoms with Gasteiger partial charge in [0.2, 0.25) is 0 Å². The number of methoxy groups -OCH3 is 1. The molecule has 16 heavy (non-hydrogen) atoms. The minimum absolute atomic E-state index is 0.108. The third-order valence-electron chi connectivity index (χ3n) is 2.28. The SMILES string of the molecule is COC(=O)Cc1c[nH]c(=O)c2ccc(Br)n12. The summed E-state index contributed by atoms with van der Waals surface area (Å²) in [5.41, 5.74) is 0.964. The summed E-state index contributed by atoms with van der Waals surface area (Å²) in [6.45, 7) is 0. The molecule has 0 spiro atoms. The van der Waals surface area contributed by atoms with Crippen LogP contribution in [-0.4, -0.2) is 22.5 Å². The fourth-order valence-electron chi connectivity index (χ4n) is 1.52. The molecule has 6 heteroatoms. The monoisotopic (exact) mass is 284 g/mol. The summed E-state index contributed by atoms with van der Waals surface area (Å²) in [5, 5.41) is 0. The van der Waals surface area contributed by atoms with Crippen LogP contribution in [0.1, 0.15) is 5.69 Å². The predicted molar refractivity (Wildman–Crippen MR) is 61.4 cm³/mol. The smallest absolute Gasteiger partial charge is 0.311 e. The quantitative estimate of drug-likeness (QED) is 0.841. The largest absolute Gasteiger partial charge is 0.469 e. The van der Waals surface area contributed by atoms with E-state index in [0.717, 1.165) is 4.60 Å². The summed E-state index contributed by atoms with van der Waals surface area (Å²) in [5.74, 6) is -0.353. The number of halogens is 1. The average molecular weight is 285 g/mol. The maximum absolute atomic E-state index is 11.5. The number of ether oxygens (including phenoxy) is 1. The second-order valence-electron chi connectivity index (χ2n) is 3.24. The first-order chi connectivity index (χ1) is 7.63. The Balaban J connectivity index is 2.62. The first-order valence-electron chi connectivity index (χ1n) is 4.58. The van der Waals surface area contributed by atoms with Gasteiger partial charge in [-0.05, 0) is 28.1 Å². The number of hydrogen-bond donors (Lipinski definition) is 1. The molecule has 0 saturated carbocycles. The minimum Gasteiger partial charge on any atom is -0.469 e. The normalized spacial score (nSPS) is 10.6. The maximum atomic E-state index is 11.5. The third kappa shape index (κ3) is 1.76. The highest BCUT2D eigenvalue weighted by molar-refractivity contribution is 9.10. The van der Waals surface area contributed by atoms with Crippen molar-refractivity contribution in [3.8, 4) is 0 Å². The molecule has 0 aliphatic carbocycles. The van der Waals surface area contributed by atoms with E-state index in [0.29, 0.717) is 11.2 Å².